The van der Waals surface area contributed by atoms with Crippen molar-refractivity contribution in [2.24, 2.45) is 5.73 Å². The fraction of sp³-hybridized carbons (Fsp3) is 0.467. The Morgan fingerprint density at radius 1 is 1.14 bits per heavy atom. The van der Waals surface area contributed by atoms with E-state index >= 15 is 0 Å². The minimum atomic E-state index is -0.422. The first kappa shape index (κ1) is 17.0. The summed E-state index contributed by atoms with van der Waals surface area (Å²) in [6, 6.07) is 7.07. The average Bonchev–Trinajstić information content (AvgIpc) is 2.44. The number of anilines is 2. The zero-order valence-electron chi connectivity index (χ0n) is 12.7. The molecule has 4 N–H and O–H groups in total. The zero-order chi connectivity index (χ0) is 15.8. The first-order chi connectivity index (χ1) is 9.93. The van der Waals surface area contributed by atoms with E-state index < -0.39 is 5.91 Å². The number of unbranched alkanes of at least 4 members (excludes halogenated alkanes) is 1. The van der Waals surface area contributed by atoms with Gasteiger partial charge in [0.15, 0.2) is 0 Å². The van der Waals surface area contributed by atoms with Gasteiger partial charge in [0.2, 0.25) is 11.8 Å². The summed E-state index contributed by atoms with van der Waals surface area (Å²) in [6.45, 7) is 3.01. The standard InChI is InChI=1S/C15H24N4O2/c1-3-4-9-19(10-14(17)20)11-15(21)18(2)13-7-5-12(16)6-8-13/h5-8H,3-4,9-11,16H2,1-2H3,(H2,17,20). The zero-order valence-corrected chi connectivity index (χ0v) is 12.7. The first-order valence-electron chi connectivity index (χ1n) is 7.06. The number of hydrogen-bond donors (Lipinski definition) is 2. The predicted octanol–water partition coefficient (Wildman–Crippen LogP) is 0.819. The van der Waals surface area contributed by atoms with Crippen LogP contribution in [0, 0.1) is 0 Å². The van der Waals surface area contributed by atoms with Crippen LogP contribution in [0.3, 0.4) is 0 Å². The Morgan fingerprint density at radius 2 is 1.76 bits per heavy atom. The van der Waals surface area contributed by atoms with E-state index in [-0.39, 0.29) is 19.0 Å². The van der Waals surface area contributed by atoms with Crippen LogP contribution in [0.15, 0.2) is 24.3 Å². The second-order valence-electron chi connectivity index (χ2n) is 5.07. The third kappa shape index (κ3) is 5.83. The number of hydrogen-bond acceptors (Lipinski definition) is 4. The summed E-state index contributed by atoms with van der Waals surface area (Å²) >= 11 is 0. The third-order valence-electron chi connectivity index (χ3n) is 3.22. The van der Waals surface area contributed by atoms with E-state index in [0.717, 1.165) is 18.5 Å². The summed E-state index contributed by atoms with van der Waals surface area (Å²) in [6.07, 6.45) is 1.92. The van der Waals surface area contributed by atoms with Gasteiger partial charge >= 0.3 is 0 Å². The number of nitrogens with zero attached hydrogens (tertiary/aromatic N) is 2. The molecule has 0 atom stereocenters. The van der Waals surface area contributed by atoms with Crippen molar-refractivity contribution >= 4 is 23.2 Å². The second-order valence-corrected chi connectivity index (χ2v) is 5.07. The normalized spacial score (nSPS) is 10.6. The highest BCUT2D eigenvalue weighted by Gasteiger charge is 2.16. The van der Waals surface area contributed by atoms with E-state index in [1.807, 2.05) is 0 Å². The van der Waals surface area contributed by atoms with E-state index in [4.69, 9.17) is 11.5 Å². The molecule has 1 aromatic carbocycles. The summed E-state index contributed by atoms with van der Waals surface area (Å²) in [4.78, 5) is 26.7. The maximum atomic E-state index is 12.3. The second kappa shape index (κ2) is 8.26. The molecule has 0 aliphatic rings. The molecule has 1 aromatic rings. The van der Waals surface area contributed by atoms with Gasteiger partial charge < -0.3 is 16.4 Å². The van der Waals surface area contributed by atoms with Gasteiger partial charge in [-0.15, -0.1) is 0 Å². The summed E-state index contributed by atoms with van der Waals surface area (Å²) in [5.74, 6) is -0.508. The van der Waals surface area contributed by atoms with Crippen molar-refractivity contribution in [3.8, 4) is 0 Å². The smallest absolute Gasteiger partial charge is 0.240 e. The molecule has 0 bridgehead atoms. The molecule has 1 rings (SSSR count). The van der Waals surface area contributed by atoms with Gasteiger partial charge in [0.05, 0.1) is 13.1 Å². The van der Waals surface area contributed by atoms with Gasteiger partial charge in [0.1, 0.15) is 0 Å². The molecule has 0 saturated carbocycles. The molecule has 6 nitrogen and oxygen atoms in total. The Labute approximate surface area is 125 Å². The Morgan fingerprint density at radius 3 is 2.29 bits per heavy atom. The molecule has 2 amide bonds. The van der Waals surface area contributed by atoms with Crippen LogP contribution in [-0.4, -0.2) is 43.4 Å². The molecule has 6 heteroatoms. The number of benzene rings is 1. The summed E-state index contributed by atoms with van der Waals surface area (Å²) < 4.78 is 0. The quantitative estimate of drug-likeness (QED) is 0.694. The number of rotatable bonds is 8. The molecular formula is C15H24N4O2. The Kier molecular flexibility index (Phi) is 6.68. The molecule has 0 aliphatic heterocycles. The number of amides is 2. The van der Waals surface area contributed by atoms with E-state index in [9.17, 15) is 9.59 Å². The van der Waals surface area contributed by atoms with Gasteiger partial charge in [-0.2, -0.15) is 0 Å². The molecule has 0 fully saturated rings. The van der Waals surface area contributed by atoms with Gasteiger partial charge in [0, 0.05) is 18.4 Å². The Bertz CT molecular complexity index is 473. The molecule has 0 aromatic heterocycles. The number of primary amides is 1. The van der Waals surface area contributed by atoms with Crippen LogP contribution in [0.1, 0.15) is 19.8 Å². The lowest BCUT2D eigenvalue weighted by Gasteiger charge is -2.24. The van der Waals surface area contributed by atoms with Crippen molar-refractivity contribution in [3.05, 3.63) is 24.3 Å². The lowest BCUT2D eigenvalue weighted by Crippen LogP contribution is -2.42. The van der Waals surface area contributed by atoms with Crippen molar-refractivity contribution in [2.75, 3.05) is 37.3 Å². The van der Waals surface area contributed by atoms with Crippen LogP contribution in [0.25, 0.3) is 0 Å². The molecule has 0 heterocycles. The summed E-state index contributed by atoms with van der Waals surface area (Å²) in [7, 11) is 1.70. The van der Waals surface area contributed by atoms with Gasteiger partial charge in [-0.05, 0) is 37.2 Å². The monoisotopic (exact) mass is 292 g/mol. The molecular weight excluding hydrogens is 268 g/mol. The summed E-state index contributed by atoms with van der Waals surface area (Å²) in [5.41, 5.74) is 12.3. The van der Waals surface area contributed by atoms with Crippen molar-refractivity contribution < 1.29 is 9.59 Å². The number of carbonyl (C=O) groups excluding carboxylic acids is 2. The van der Waals surface area contributed by atoms with Crippen LogP contribution in [0.4, 0.5) is 11.4 Å². The number of nitrogens with two attached hydrogens (primary N) is 2. The van der Waals surface area contributed by atoms with Crippen LogP contribution < -0.4 is 16.4 Å². The molecule has 0 unspecified atom stereocenters. The van der Waals surface area contributed by atoms with E-state index in [1.54, 1.807) is 41.1 Å². The maximum Gasteiger partial charge on any atom is 0.240 e. The van der Waals surface area contributed by atoms with Crippen LogP contribution in [-0.2, 0) is 9.59 Å². The molecule has 0 radical (unpaired) electrons. The highest BCUT2D eigenvalue weighted by atomic mass is 16.2. The molecule has 0 aliphatic carbocycles. The van der Waals surface area contributed by atoms with Crippen LogP contribution >= 0.6 is 0 Å². The topological polar surface area (TPSA) is 92.7 Å². The third-order valence-corrected chi connectivity index (χ3v) is 3.22. The van der Waals surface area contributed by atoms with Crippen molar-refractivity contribution in [1.29, 1.82) is 0 Å². The lowest BCUT2D eigenvalue weighted by atomic mass is 10.2. The SMILES string of the molecule is CCCCN(CC(N)=O)CC(=O)N(C)c1ccc(N)cc1. The molecule has 0 spiro atoms. The van der Waals surface area contributed by atoms with Gasteiger partial charge in [-0.25, -0.2) is 0 Å². The maximum absolute atomic E-state index is 12.3. The molecule has 0 saturated heterocycles. The largest absolute Gasteiger partial charge is 0.399 e. The molecule has 21 heavy (non-hydrogen) atoms. The van der Waals surface area contributed by atoms with Gasteiger partial charge in [-0.1, -0.05) is 13.3 Å². The van der Waals surface area contributed by atoms with E-state index in [0.29, 0.717) is 12.2 Å². The number of carbonyl (C=O) groups is 2. The van der Waals surface area contributed by atoms with E-state index in [2.05, 4.69) is 6.92 Å². The average molecular weight is 292 g/mol. The minimum Gasteiger partial charge on any atom is -0.399 e. The van der Waals surface area contributed by atoms with Gasteiger partial charge in [-0.3, -0.25) is 14.5 Å². The fourth-order valence-electron chi connectivity index (χ4n) is 1.96. The first-order valence-corrected chi connectivity index (χ1v) is 7.06. The minimum absolute atomic E-state index is 0.0860. The molecule has 116 valence electrons. The van der Waals surface area contributed by atoms with Crippen LogP contribution in [0.2, 0.25) is 0 Å². The highest BCUT2D eigenvalue weighted by Crippen LogP contribution is 2.15. The predicted molar refractivity (Wildman–Crippen MR) is 84.8 cm³/mol. The number of likely N-dealkylation sites (N-methyl/N-ethyl adjacent to an activating group) is 1. The Balaban J connectivity index is 2.66. The Hall–Kier alpha value is -2.08. The fourth-order valence-corrected chi connectivity index (χ4v) is 1.96. The van der Waals surface area contributed by atoms with Crippen molar-refractivity contribution in [3.63, 3.8) is 0 Å². The highest BCUT2D eigenvalue weighted by molar-refractivity contribution is 5.94. The van der Waals surface area contributed by atoms with Gasteiger partial charge in [0.25, 0.3) is 0 Å². The van der Waals surface area contributed by atoms with Crippen molar-refractivity contribution in [2.45, 2.75) is 19.8 Å². The summed E-state index contributed by atoms with van der Waals surface area (Å²) in [5, 5.41) is 0. The van der Waals surface area contributed by atoms with Crippen LogP contribution in [0.5, 0.6) is 0 Å². The van der Waals surface area contributed by atoms with E-state index in [1.165, 1.54) is 0 Å². The lowest BCUT2D eigenvalue weighted by molar-refractivity contribution is -0.122. The number of nitrogen functional groups attached to an aromatic ring is 1. The van der Waals surface area contributed by atoms with Crippen molar-refractivity contribution in [1.82, 2.24) is 4.90 Å².